The molecule has 0 radical (unpaired) electrons. The number of fused-ring (bicyclic) bond motifs is 1. The molecule has 0 saturated heterocycles. The second-order valence-electron chi connectivity index (χ2n) is 4.01. The Kier molecular flexibility index (Phi) is 2.80. The van der Waals surface area contributed by atoms with Crippen LogP contribution in [0.15, 0.2) is 64.8 Å². The van der Waals surface area contributed by atoms with Crippen molar-refractivity contribution in [1.29, 1.82) is 0 Å². The monoisotopic (exact) mass is 292 g/mol. The van der Waals surface area contributed by atoms with Gasteiger partial charge in [-0.3, -0.25) is 0 Å². The Morgan fingerprint density at radius 2 is 1.74 bits per heavy atom. The quantitative estimate of drug-likeness (QED) is 0.730. The molecular weight excluding hydrogens is 284 g/mol. The molecule has 1 aromatic carbocycles. The number of hydrogen-bond acceptors (Lipinski definition) is 3. The van der Waals surface area contributed by atoms with Gasteiger partial charge in [0.1, 0.15) is 5.65 Å². The van der Waals surface area contributed by atoms with Crippen LogP contribution in [0.3, 0.4) is 0 Å². The maximum atomic E-state index is 12.4. The number of benzene rings is 1. The van der Waals surface area contributed by atoms with Crippen LogP contribution in [0, 0.1) is 0 Å². The summed E-state index contributed by atoms with van der Waals surface area (Å²) in [5, 5.41) is 0.537. The minimum absolute atomic E-state index is 0.0148. The highest BCUT2D eigenvalue weighted by atomic mass is 35.5. The number of pyridine rings is 1. The minimum Gasteiger partial charge on any atom is -0.304 e. The highest BCUT2D eigenvalue weighted by Gasteiger charge is 2.20. The number of imidazole rings is 1. The van der Waals surface area contributed by atoms with Crippen LogP contribution >= 0.6 is 11.6 Å². The van der Waals surface area contributed by atoms with E-state index in [1.807, 2.05) is 0 Å². The smallest absolute Gasteiger partial charge is 0.225 e. The van der Waals surface area contributed by atoms with E-state index < -0.39 is 9.84 Å². The molecule has 0 amide bonds. The Balaban J connectivity index is 2.19. The van der Waals surface area contributed by atoms with Crippen molar-refractivity contribution in [2.45, 2.75) is 9.92 Å². The first-order chi connectivity index (χ1) is 9.07. The molecule has 96 valence electrons. The van der Waals surface area contributed by atoms with E-state index in [1.54, 1.807) is 53.1 Å². The first-order valence-corrected chi connectivity index (χ1v) is 7.38. The van der Waals surface area contributed by atoms with E-state index in [9.17, 15) is 8.42 Å². The first kappa shape index (κ1) is 12.2. The lowest BCUT2D eigenvalue weighted by Gasteiger charge is -1.99. The van der Waals surface area contributed by atoms with E-state index in [2.05, 4.69) is 4.98 Å². The van der Waals surface area contributed by atoms with E-state index in [1.165, 1.54) is 6.20 Å². The fraction of sp³-hybridized carbons (Fsp3) is 0. The molecule has 0 aliphatic heterocycles. The molecule has 0 fully saturated rings. The predicted octanol–water partition coefficient (Wildman–Crippen LogP) is 2.82. The second kappa shape index (κ2) is 4.36. The van der Waals surface area contributed by atoms with Gasteiger partial charge in [-0.05, 0) is 24.3 Å². The van der Waals surface area contributed by atoms with Crippen LogP contribution in [0.2, 0.25) is 5.02 Å². The fourth-order valence-corrected chi connectivity index (χ4v) is 3.18. The zero-order valence-corrected chi connectivity index (χ0v) is 11.3. The van der Waals surface area contributed by atoms with Crippen LogP contribution < -0.4 is 0 Å². The number of rotatable bonds is 2. The van der Waals surface area contributed by atoms with Crippen molar-refractivity contribution in [3.63, 3.8) is 0 Å². The maximum Gasteiger partial charge on any atom is 0.225 e. The van der Waals surface area contributed by atoms with Crippen molar-refractivity contribution < 1.29 is 8.42 Å². The van der Waals surface area contributed by atoms with Gasteiger partial charge in [-0.2, -0.15) is 0 Å². The number of sulfone groups is 1. The minimum atomic E-state index is -3.59. The molecule has 0 bridgehead atoms. The van der Waals surface area contributed by atoms with E-state index in [0.717, 1.165) is 0 Å². The van der Waals surface area contributed by atoms with Crippen molar-refractivity contribution in [3.8, 4) is 0 Å². The van der Waals surface area contributed by atoms with Crippen LogP contribution in [-0.4, -0.2) is 17.8 Å². The Bertz CT molecular complexity index is 841. The van der Waals surface area contributed by atoms with Crippen LogP contribution in [0.25, 0.3) is 5.65 Å². The molecule has 2 aromatic heterocycles. The lowest BCUT2D eigenvalue weighted by Crippen LogP contribution is -2.01. The van der Waals surface area contributed by atoms with Gasteiger partial charge in [0.25, 0.3) is 0 Å². The van der Waals surface area contributed by atoms with Gasteiger partial charge < -0.3 is 4.40 Å². The lowest BCUT2D eigenvalue weighted by molar-refractivity contribution is 0.593. The van der Waals surface area contributed by atoms with Crippen molar-refractivity contribution >= 4 is 27.1 Å². The summed E-state index contributed by atoms with van der Waals surface area (Å²) in [6.07, 6.45) is 3.08. The molecule has 0 aliphatic carbocycles. The molecule has 0 spiro atoms. The molecule has 0 N–H and O–H groups in total. The van der Waals surface area contributed by atoms with Gasteiger partial charge in [0, 0.05) is 12.4 Å². The molecule has 0 atom stereocenters. The third-order valence-corrected chi connectivity index (χ3v) is 4.59. The van der Waals surface area contributed by atoms with E-state index >= 15 is 0 Å². The van der Waals surface area contributed by atoms with Crippen molar-refractivity contribution in [3.05, 3.63) is 59.9 Å². The zero-order valence-electron chi connectivity index (χ0n) is 9.69. The van der Waals surface area contributed by atoms with Gasteiger partial charge in [-0.25, -0.2) is 13.4 Å². The summed E-state index contributed by atoms with van der Waals surface area (Å²) in [4.78, 5) is 4.34. The molecule has 19 heavy (non-hydrogen) atoms. The van der Waals surface area contributed by atoms with Gasteiger partial charge in [-0.15, -0.1) is 0 Å². The molecule has 0 unspecified atom stereocenters. The average molecular weight is 293 g/mol. The van der Waals surface area contributed by atoms with Gasteiger partial charge in [0.05, 0.1) is 9.92 Å². The first-order valence-electron chi connectivity index (χ1n) is 5.52. The van der Waals surface area contributed by atoms with Crippen molar-refractivity contribution in [2.24, 2.45) is 0 Å². The number of aromatic nitrogens is 2. The third-order valence-electron chi connectivity index (χ3n) is 2.72. The highest BCUT2D eigenvalue weighted by molar-refractivity contribution is 7.91. The normalized spacial score (nSPS) is 11.8. The summed E-state index contributed by atoms with van der Waals surface area (Å²) in [6, 6.07) is 11.6. The summed E-state index contributed by atoms with van der Waals surface area (Å²) in [5.41, 5.74) is 0.541. The predicted molar refractivity (Wildman–Crippen MR) is 72.1 cm³/mol. The van der Waals surface area contributed by atoms with Crippen LogP contribution in [-0.2, 0) is 9.84 Å². The molecule has 6 heteroatoms. The Labute approximate surface area is 115 Å². The summed E-state index contributed by atoms with van der Waals surface area (Å²) >= 11 is 5.86. The van der Waals surface area contributed by atoms with Gasteiger partial charge in [0.15, 0.2) is 5.03 Å². The van der Waals surface area contributed by atoms with E-state index in [0.29, 0.717) is 10.7 Å². The molecule has 2 heterocycles. The molecule has 0 aliphatic rings. The second-order valence-corrected chi connectivity index (χ2v) is 6.34. The summed E-state index contributed by atoms with van der Waals surface area (Å²) < 4.78 is 26.4. The summed E-state index contributed by atoms with van der Waals surface area (Å²) in [7, 11) is -3.59. The van der Waals surface area contributed by atoms with Gasteiger partial charge in [0.2, 0.25) is 9.84 Å². The van der Waals surface area contributed by atoms with Crippen molar-refractivity contribution in [1.82, 2.24) is 9.38 Å². The van der Waals surface area contributed by atoms with Crippen LogP contribution in [0.4, 0.5) is 0 Å². The largest absolute Gasteiger partial charge is 0.304 e. The summed E-state index contributed by atoms with van der Waals surface area (Å²) in [6.45, 7) is 0. The highest BCUT2D eigenvalue weighted by Crippen LogP contribution is 2.21. The van der Waals surface area contributed by atoms with E-state index in [4.69, 9.17) is 11.6 Å². The van der Waals surface area contributed by atoms with Gasteiger partial charge in [-0.1, -0.05) is 29.8 Å². The standard InChI is InChI=1S/C13H9ClN2O2S/c14-10-6-7-12-15-13(9-16(12)8-10)19(17,18)11-4-2-1-3-5-11/h1-9H. The number of nitrogens with zero attached hydrogens (tertiary/aromatic N) is 2. The number of halogens is 1. The molecule has 3 rings (SSSR count). The average Bonchev–Trinajstić information content (AvgIpc) is 2.83. The van der Waals surface area contributed by atoms with Gasteiger partial charge >= 0.3 is 0 Å². The molecule has 3 aromatic rings. The Morgan fingerprint density at radius 1 is 1.00 bits per heavy atom. The third kappa shape index (κ3) is 2.11. The maximum absolute atomic E-state index is 12.4. The molecule has 0 saturated carbocycles. The molecule has 4 nitrogen and oxygen atoms in total. The van der Waals surface area contributed by atoms with Crippen molar-refractivity contribution in [2.75, 3.05) is 0 Å². The topological polar surface area (TPSA) is 51.4 Å². The lowest BCUT2D eigenvalue weighted by atomic mass is 10.4. The SMILES string of the molecule is O=S(=O)(c1ccccc1)c1cn2cc(Cl)ccc2n1. The molecular formula is C13H9ClN2O2S. The van der Waals surface area contributed by atoms with Crippen LogP contribution in [0.1, 0.15) is 0 Å². The Hall–Kier alpha value is -1.85. The zero-order chi connectivity index (χ0) is 13.5. The Morgan fingerprint density at radius 3 is 2.47 bits per heavy atom. The van der Waals surface area contributed by atoms with Crippen LogP contribution in [0.5, 0.6) is 0 Å². The fourth-order valence-electron chi connectivity index (χ4n) is 1.79. The number of hydrogen-bond donors (Lipinski definition) is 0. The summed E-state index contributed by atoms with van der Waals surface area (Å²) in [5.74, 6) is 0. The van der Waals surface area contributed by atoms with E-state index in [-0.39, 0.29) is 9.92 Å².